The number of amides is 1. The molecular formula is C12H18N4O. The van der Waals surface area contributed by atoms with Gasteiger partial charge in [0.2, 0.25) is 5.91 Å². The average Bonchev–Trinajstić information content (AvgIpc) is 2.95. The van der Waals surface area contributed by atoms with Crippen LogP contribution < -0.4 is 11.1 Å². The first-order chi connectivity index (χ1) is 8.20. The van der Waals surface area contributed by atoms with Gasteiger partial charge in [-0.15, -0.1) is 0 Å². The smallest absolute Gasteiger partial charge is 0.241 e. The summed E-state index contributed by atoms with van der Waals surface area (Å²) in [5.74, 6) is 2.07. The molecule has 5 nitrogen and oxygen atoms in total. The van der Waals surface area contributed by atoms with Crippen molar-refractivity contribution in [1.82, 2.24) is 15.1 Å². The Balaban J connectivity index is 1.54. The molecule has 3 rings (SSSR count). The average molecular weight is 234 g/mol. The largest absolute Gasteiger partial charge is 0.382 e. The van der Waals surface area contributed by atoms with Gasteiger partial charge in [0.15, 0.2) is 0 Å². The normalized spacial score (nSPS) is 30.7. The Morgan fingerprint density at radius 3 is 3.00 bits per heavy atom. The molecule has 0 radical (unpaired) electrons. The van der Waals surface area contributed by atoms with Crippen molar-refractivity contribution in [2.45, 2.75) is 38.3 Å². The van der Waals surface area contributed by atoms with Crippen LogP contribution in [-0.4, -0.2) is 21.7 Å². The Morgan fingerprint density at radius 2 is 2.41 bits per heavy atom. The molecule has 5 heteroatoms. The molecule has 17 heavy (non-hydrogen) atoms. The number of hydrogen-bond acceptors (Lipinski definition) is 3. The molecule has 0 spiro atoms. The number of carbonyl (C=O) groups excluding carboxylic acids is 1. The number of nitrogen functional groups attached to an aromatic ring is 1. The molecule has 2 aliphatic rings. The summed E-state index contributed by atoms with van der Waals surface area (Å²) in [6.07, 6.45) is 6.84. The second kappa shape index (κ2) is 4.05. The molecule has 1 heterocycles. The number of rotatable bonds is 3. The number of carbonyl (C=O) groups is 1. The molecule has 92 valence electrons. The highest BCUT2D eigenvalue weighted by atomic mass is 16.2. The maximum Gasteiger partial charge on any atom is 0.241 e. The molecule has 3 unspecified atom stereocenters. The molecule has 0 saturated heterocycles. The van der Waals surface area contributed by atoms with Gasteiger partial charge in [-0.25, -0.2) is 0 Å². The number of hydrogen-bond donors (Lipinski definition) is 2. The van der Waals surface area contributed by atoms with E-state index in [9.17, 15) is 4.79 Å². The lowest BCUT2D eigenvalue weighted by molar-refractivity contribution is -0.122. The SMILES string of the molecule is Nc1ccn(CC(=O)NC2CC3CCC2C3)n1. The van der Waals surface area contributed by atoms with Crippen molar-refractivity contribution < 1.29 is 4.79 Å². The van der Waals surface area contributed by atoms with Gasteiger partial charge < -0.3 is 11.1 Å². The Hall–Kier alpha value is -1.52. The number of nitrogens with two attached hydrogens (primary N) is 1. The Bertz CT molecular complexity index is 428. The van der Waals surface area contributed by atoms with Crippen molar-refractivity contribution >= 4 is 11.7 Å². The minimum Gasteiger partial charge on any atom is -0.382 e. The lowest BCUT2D eigenvalue weighted by Gasteiger charge is -2.22. The fourth-order valence-corrected chi connectivity index (χ4v) is 3.29. The molecule has 1 aromatic rings. The topological polar surface area (TPSA) is 72.9 Å². The van der Waals surface area contributed by atoms with E-state index in [4.69, 9.17) is 5.73 Å². The van der Waals surface area contributed by atoms with Crippen LogP contribution in [0.1, 0.15) is 25.7 Å². The van der Waals surface area contributed by atoms with Crippen molar-refractivity contribution in [3.8, 4) is 0 Å². The highest BCUT2D eigenvalue weighted by Gasteiger charge is 2.39. The Kier molecular flexibility index (Phi) is 2.53. The van der Waals surface area contributed by atoms with E-state index in [1.165, 1.54) is 19.3 Å². The summed E-state index contributed by atoms with van der Waals surface area (Å²) in [5.41, 5.74) is 5.50. The van der Waals surface area contributed by atoms with E-state index in [1.807, 2.05) is 0 Å². The summed E-state index contributed by atoms with van der Waals surface area (Å²) in [6.45, 7) is 0.269. The lowest BCUT2D eigenvalue weighted by atomic mass is 9.95. The molecular weight excluding hydrogens is 216 g/mol. The molecule has 3 atom stereocenters. The number of fused-ring (bicyclic) bond motifs is 2. The van der Waals surface area contributed by atoms with Crippen LogP contribution in [0, 0.1) is 11.8 Å². The van der Waals surface area contributed by atoms with Crippen LogP contribution in [0.4, 0.5) is 5.82 Å². The van der Waals surface area contributed by atoms with Gasteiger partial charge in [0.05, 0.1) is 0 Å². The highest BCUT2D eigenvalue weighted by molar-refractivity contribution is 5.76. The molecule has 2 saturated carbocycles. The monoisotopic (exact) mass is 234 g/mol. The summed E-state index contributed by atoms with van der Waals surface area (Å²) in [4.78, 5) is 11.8. The van der Waals surface area contributed by atoms with Gasteiger partial charge in [0.25, 0.3) is 0 Å². The molecule has 1 aromatic heterocycles. The van der Waals surface area contributed by atoms with Crippen molar-refractivity contribution in [2.24, 2.45) is 11.8 Å². The van der Waals surface area contributed by atoms with Crippen LogP contribution in [0.5, 0.6) is 0 Å². The standard InChI is InChI=1S/C12H18N4O/c13-11-3-4-16(15-11)7-12(17)14-10-6-8-1-2-9(10)5-8/h3-4,8-10H,1-2,5-7H2,(H2,13,15)(H,14,17). The van der Waals surface area contributed by atoms with Crippen molar-refractivity contribution in [3.05, 3.63) is 12.3 Å². The van der Waals surface area contributed by atoms with Gasteiger partial charge in [0, 0.05) is 12.2 Å². The van der Waals surface area contributed by atoms with Gasteiger partial charge in [-0.1, -0.05) is 6.42 Å². The molecule has 2 fully saturated rings. The first-order valence-electron chi connectivity index (χ1n) is 6.29. The number of aromatic nitrogens is 2. The molecule has 0 aromatic carbocycles. The fourth-order valence-electron chi connectivity index (χ4n) is 3.29. The maximum absolute atomic E-state index is 11.8. The van der Waals surface area contributed by atoms with E-state index >= 15 is 0 Å². The van der Waals surface area contributed by atoms with E-state index in [-0.39, 0.29) is 12.5 Å². The summed E-state index contributed by atoms with van der Waals surface area (Å²) in [5, 5.41) is 7.13. The second-order valence-electron chi connectivity index (χ2n) is 5.29. The minimum atomic E-state index is 0.0469. The zero-order valence-electron chi connectivity index (χ0n) is 9.80. The van der Waals surface area contributed by atoms with E-state index in [0.717, 1.165) is 12.3 Å². The van der Waals surface area contributed by atoms with Gasteiger partial charge in [-0.3, -0.25) is 9.48 Å². The van der Waals surface area contributed by atoms with Crippen LogP contribution in [0.15, 0.2) is 12.3 Å². The van der Waals surface area contributed by atoms with Crippen molar-refractivity contribution in [1.29, 1.82) is 0 Å². The highest BCUT2D eigenvalue weighted by Crippen LogP contribution is 2.44. The van der Waals surface area contributed by atoms with Crippen LogP contribution in [0.25, 0.3) is 0 Å². The quantitative estimate of drug-likeness (QED) is 0.811. The predicted octanol–water partition coefficient (Wildman–Crippen LogP) is 0.770. The van der Waals surface area contributed by atoms with Crippen LogP contribution in [0.2, 0.25) is 0 Å². The van der Waals surface area contributed by atoms with Gasteiger partial charge in [-0.2, -0.15) is 5.10 Å². The van der Waals surface area contributed by atoms with Gasteiger partial charge >= 0.3 is 0 Å². The molecule has 2 bridgehead atoms. The zero-order chi connectivity index (χ0) is 11.8. The van der Waals surface area contributed by atoms with Crippen LogP contribution in [-0.2, 0) is 11.3 Å². The third-order valence-electron chi connectivity index (χ3n) is 4.05. The maximum atomic E-state index is 11.8. The minimum absolute atomic E-state index is 0.0469. The fraction of sp³-hybridized carbons (Fsp3) is 0.667. The third kappa shape index (κ3) is 2.14. The molecule has 3 N–H and O–H groups in total. The number of anilines is 1. The molecule has 0 aliphatic heterocycles. The van der Waals surface area contributed by atoms with Crippen molar-refractivity contribution in [2.75, 3.05) is 5.73 Å². The van der Waals surface area contributed by atoms with Crippen molar-refractivity contribution in [3.63, 3.8) is 0 Å². The Morgan fingerprint density at radius 1 is 1.53 bits per heavy atom. The summed E-state index contributed by atoms with van der Waals surface area (Å²) in [6, 6.07) is 2.10. The first kappa shape index (κ1) is 10.6. The molecule has 2 aliphatic carbocycles. The van der Waals surface area contributed by atoms with E-state index in [0.29, 0.717) is 17.8 Å². The first-order valence-corrected chi connectivity index (χ1v) is 6.29. The molecule has 1 amide bonds. The number of nitrogens with one attached hydrogen (secondary N) is 1. The number of nitrogens with zero attached hydrogens (tertiary/aromatic N) is 2. The van der Waals surface area contributed by atoms with Gasteiger partial charge in [-0.05, 0) is 37.2 Å². The third-order valence-corrected chi connectivity index (χ3v) is 4.05. The Labute approximate surface area is 100 Å². The van der Waals surface area contributed by atoms with E-state index in [2.05, 4.69) is 10.4 Å². The second-order valence-corrected chi connectivity index (χ2v) is 5.29. The van der Waals surface area contributed by atoms with Gasteiger partial charge in [0.1, 0.15) is 12.4 Å². The predicted molar refractivity (Wildman–Crippen MR) is 64.0 cm³/mol. The zero-order valence-corrected chi connectivity index (χ0v) is 9.80. The lowest BCUT2D eigenvalue weighted by Crippen LogP contribution is -2.40. The summed E-state index contributed by atoms with van der Waals surface area (Å²) < 4.78 is 1.58. The summed E-state index contributed by atoms with van der Waals surface area (Å²) in [7, 11) is 0. The van der Waals surface area contributed by atoms with E-state index < -0.39 is 0 Å². The van der Waals surface area contributed by atoms with Crippen LogP contribution in [0.3, 0.4) is 0 Å². The van der Waals surface area contributed by atoms with E-state index in [1.54, 1.807) is 16.9 Å². The summed E-state index contributed by atoms with van der Waals surface area (Å²) >= 11 is 0. The van der Waals surface area contributed by atoms with Crippen LogP contribution >= 0.6 is 0 Å².